The number of likely N-dealkylation sites (tertiary alicyclic amines) is 2. The van der Waals surface area contributed by atoms with Crippen LogP contribution in [0.3, 0.4) is 0 Å². The van der Waals surface area contributed by atoms with Crippen molar-refractivity contribution in [2.45, 2.75) is 51.2 Å². The van der Waals surface area contributed by atoms with Gasteiger partial charge >= 0.3 is 5.97 Å². The third-order valence-electron chi connectivity index (χ3n) is 7.29. The molecule has 2 aromatic carbocycles. The number of piperidine rings is 2. The number of carboxylic acids is 1. The number of hydrogen-bond acceptors (Lipinski definition) is 4. The van der Waals surface area contributed by atoms with E-state index in [9.17, 15) is 9.90 Å². The third kappa shape index (κ3) is 6.66. The number of carbonyl (C=O) groups is 1. The molecule has 2 aromatic rings. The summed E-state index contributed by atoms with van der Waals surface area (Å²) in [6.07, 6.45) is 4.87. The van der Waals surface area contributed by atoms with Crippen molar-refractivity contribution >= 4 is 29.2 Å². The van der Waals surface area contributed by atoms with E-state index in [0.717, 1.165) is 75.3 Å². The summed E-state index contributed by atoms with van der Waals surface area (Å²) < 4.78 is 6.12. The van der Waals surface area contributed by atoms with Crippen LogP contribution in [0, 0.1) is 12.8 Å². The van der Waals surface area contributed by atoms with Gasteiger partial charge < -0.3 is 14.7 Å². The molecule has 4 rings (SSSR count). The molecule has 0 bridgehead atoms. The second-order valence-corrected chi connectivity index (χ2v) is 10.5. The zero-order chi connectivity index (χ0) is 24.1. The van der Waals surface area contributed by atoms with E-state index in [1.807, 2.05) is 24.3 Å². The van der Waals surface area contributed by atoms with Gasteiger partial charge in [-0.3, -0.25) is 9.69 Å². The number of nitrogens with zero attached hydrogens (tertiary/aromatic N) is 2. The van der Waals surface area contributed by atoms with E-state index in [1.54, 1.807) is 12.1 Å². The summed E-state index contributed by atoms with van der Waals surface area (Å²) in [6.45, 7) is 6.89. The second kappa shape index (κ2) is 11.8. The zero-order valence-electron chi connectivity index (χ0n) is 19.8. The van der Waals surface area contributed by atoms with Crippen molar-refractivity contribution in [3.8, 4) is 5.75 Å². The largest absolute Gasteiger partial charge is 0.490 e. The van der Waals surface area contributed by atoms with Gasteiger partial charge in [-0.2, -0.15) is 0 Å². The van der Waals surface area contributed by atoms with Crippen LogP contribution in [0.15, 0.2) is 42.5 Å². The van der Waals surface area contributed by atoms with Crippen LogP contribution in [-0.2, 0) is 11.2 Å². The van der Waals surface area contributed by atoms with E-state index >= 15 is 0 Å². The number of aryl methyl sites for hydroxylation is 1. The Hall–Kier alpha value is -1.79. The minimum atomic E-state index is -0.717. The summed E-state index contributed by atoms with van der Waals surface area (Å²) in [6, 6.07) is 13.1. The first-order valence-electron chi connectivity index (χ1n) is 12.2. The van der Waals surface area contributed by atoms with Gasteiger partial charge in [-0.15, -0.1) is 0 Å². The van der Waals surface area contributed by atoms with E-state index in [0.29, 0.717) is 22.4 Å². The molecule has 1 N–H and O–H groups in total. The quantitative estimate of drug-likeness (QED) is 0.510. The molecule has 2 saturated heterocycles. The van der Waals surface area contributed by atoms with Gasteiger partial charge in [0.25, 0.3) is 0 Å². The number of halogens is 2. The number of hydrogen-bond donors (Lipinski definition) is 1. The minimum Gasteiger partial charge on any atom is -0.490 e. The van der Waals surface area contributed by atoms with Crippen LogP contribution < -0.4 is 4.74 Å². The second-order valence-electron chi connectivity index (χ2n) is 9.66. The summed E-state index contributed by atoms with van der Waals surface area (Å²) in [5, 5.41) is 11.0. The van der Waals surface area contributed by atoms with Gasteiger partial charge in [-0.05, 0) is 81.3 Å². The smallest absolute Gasteiger partial charge is 0.321 e. The average molecular weight is 505 g/mol. The van der Waals surface area contributed by atoms with Crippen LogP contribution in [0.1, 0.15) is 36.8 Å². The Morgan fingerprint density at radius 2 is 1.74 bits per heavy atom. The SMILES string of the molecule is Cc1ccccc1C[C@H](C(=O)O)N1CCC(CN2CCC(Oc3ccc(Cl)c(Cl)c3)CC2)CC1. The molecule has 2 aliphatic rings. The van der Waals surface area contributed by atoms with E-state index in [-0.39, 0.29) is 6.10 Å². The number of carboxylic acid groups (broad SMARTS) is 1. The number of benzene rings is 2. The van der Waals surface area contributed by atoms with Gasteiger partial charge in [0.15, 0.2) is 0 Å². The number of rotatable bonds is 8. The molecule has 7 heteroatoms. The van der Waals surface area contributed by atoms with Crippen LogP contribution in [0.5, 0.6) is 5.75 Å². The van der Waals surface area contributed by atoms with Gasteiger partial charge in [0.05, 0.1) is 10.0 Å². The highest BCUT2D eigenvalue weighted by Crippen LogP contribution is 2.29. The molecule has 0 aliphatic carbocycles. The Morgan fingerprint density at radius 1 is 1.03 bits per heavy atom. The molecule has 2 heterocycles. The van der Waals surface area contributed by atoms with E-state index in [1.165, 1.54) is 0 Å². The Morgan fingerprint density at radius 3 is 2.38 bits per heavy atom. The van der Waals surface area contributed by atoms with Crippen molar-refractivity contribution in [3.05, 3.63) is 63.6 Å². The van der Waals surface area contributed by atoms with E-state index in [4.69, 9.17) is 27.9 Å². The molecule has 2 aliphatic heterocycles. The number of aliphatic carboxylic acids is 1. The molecule has 2 fully saturated rings. The predicted molar refractivity (Wildman–Crippen MR) is 137 cm³/mol. The van der Waals surface area contributed by atoms with Crippen LogP contribution in [0.2, 0.25) is 10.0 Å². The summed E-state index contributed by atoms with van der Waals surface area (Å²) in [7, 11) is 0. The molecule has 0 amide bonds. The van der Waals surface area contributed by atoms with E-state index in [2.05, 4.69) is 22.8 Å². The lowest BCUT2D eigenvalue weighted by atomic mass is 9.92. The Balaban J connectivity index is 1.21. The lowest BCUT2D eigenvalue weighted by molar-refractivity contribution is -0.144. The van der Waals surface area contributed by atoms with Crippen molar-refractivity contribution in [1.29, 1.82) is 0 Å². The highest BCUT2D eigenvalue weighted by molar-refractivity contribution is 6.42. The fourth-order valence-electron chi connectivity index (χ4n) is 5.18. The zero-order valence-corrected chi connectivity index (χ0v) is 21.3. The molecular formula is C27H34Cl2N2O3. The Labute approximate surface area is 212 Å². The van der Waals surface area contributed by atoms with Gasteiger partial charge in [0.2, 0.25) is 0 Å². The topological polar surface area (TPSA) is 53.0 Å². The normalized spacial score (nSPS) is 19.7. The number of ether oxygens (including phenoxy) is 1. The Kier molecular flexibility index (Phi) is 8.75. The summed E-state index contributed by atoms with van der Waals surface area (Å²) in [5.41, 5.74) is 2.29. The molecule has 5 nitrogen and oxygen atoms in total. The monoisotopic (exact) mass is 504 g/mol. The molecule has 184 valence electrons. The fraction of sp³-hybridized carbons (Fsp3) is 0.519. The highest BCUT2D eigenvalue weighted by atomic mass is 35.5. The maximum Gasteiger partial charge on any atom is 0.321 e. The van der Waals surface area contributed by atoms with Crippen molar-refractivity contribution in [2.24, 2.45) is 5.92 Å². The van der Waals surface area contributed by atoms with Gasteiger partial charge in [-0.1, -0.05) is 47.5 Å². The first-order valence-corrected chi connectivity index (χ1v) is 13.0. The molecule has 0 spiro atoms. The maximum atomic E-state index is 12.0. The van der Waals surface area contributed by atoms with Crippen molar-refractivity contribution in [2.75, 3.05) is 32.7 Å². The lowest BCUT2D eigenvalue weighted by Gasteiger charge is -2.39. The summed E-state index contributed by atoms with van der Waals surface area (Å²) in [5.74, 6) is 0.682. The van der Waals surface area contributed by atoms with Crippen LogP contribution in [-0.4, -0.2) is 65.7 Å². The summed E-state index contributed by atoms with van der Waals surface area (Å²) >= 11 is 12.1. The van der Waals surface area contributed by atoms with Gasteiger partial charge in [0, 0.05) is 25.7 Å². The van der Waals surface area contributed by atoms with Gasteiger partial charge in [-0.25, -0.2) is 0 Å². The van der Waals surface area contributed by atoms with Crippen LogP contribution in [0.4, 0.5) is 0 Å². The third-order valence-corrected chi connectivity index (χ3v) is 8.03. The molecule has 0 saturated carbocycles. The highest BCUT2D eigenvalue weighted by Gasteiger charge is 2.31. The first kappa shape index (κ1) is 25.3. The predicted octanol–water partition coefficient (Wildman–Crippen LogP) is 5.55. The van der Waals surface area contributed by atoms with Gasteiger partial charge in [0.1, 0.15) is 17.9 Å². The molecule has 0 radical (unpaired) electrons. The van der Waals surface area contributed by atoms with Crippen molar-refractivity contribution in [1.82, 2.24) is 9.80 Å². The molecule has 1 atom stereocenters. The fourth-order valence-corrected chi connectivity index (χ4v) is 5.47. The Bertz CT molecular complexity index is 970. The maximum absolute atomic E-state index is 12.0. The average Bonchev–Trinajstić information content (AvgIpc) is 2.83. The van der Waals surface area contributed by atoms with Crippen LogP contribution in [0.25, 0.3) is 0 Å². The van der Waals surface area contributed by atoms with E-state index < -0.39 is 12.0 Å². The molecule has 0 unspecified atom stereocenters. The molecule has 34 heavy (non-hydrogen) atoms. The minimum absolute atomic E-state index is 0.202. The first-order chi connectivity index (χ1) is 16.4. The van der Waals surface area contributed by atoms with Crippen molar-refractivity contribution < 1.29 is 14.6 Å². The summed E-state index contributed by atoms with van der Waals surface area (Å²) in [4.78, 5) is 16.7. The van der Waals surface area contributed by atoms with Crippen LogP contribution >= 0.6 is 23.2 Å². The standard InChI is InChI=1S/C27H34Cl2N2O3/c1-19-4-2-3-5-21(19)16-26(27(32)33)31-14-8-20(9-15-31)18-30-12-10-22(11-13-30)34-23-6-7-24(28)25(29)17-23/h2-7,17,20,22,26H,8-16,18H2,1H3,(H,32,33)/t26-/m1/s1. The molecule has 0 aromatic heterocycles. The molecular weight excluding hydrogens is 471 g/mol. The lowest BCUT2D eigenvalue weighted by Crippen LogP contribution is -2.49. The van der Waals surface area contributed by atoms with Crippen molar-refractivity contribution in [3.63, 3.8) is 0 Å².